The van der Waals surface area contributed by atoms with Gasteiger partial charge in [-0.05, 0) is 30.7 Å². The molecule has 0 bridgehead atoms. The van der Waals surface area contributed by atoms with Crippen molar-refractivity contribution < 1.29 is 9.59 Å². The quantitative estimate of drug-likeness (QED) is 0.619. The first-order valence-corrected chi connectivity index (χ1v) is 3.60. The van der Waals surface area contributed by atoms with Crippen LogP contribution in [0.5, 0.6) is 0 Å². The summed E-state index contributed by atoms with van der Waals surface area (Å²) in [6.45, 7) is 14.8. The lowest BCUT2D eigenvalue weighted by molar-refractivity contribution is -0.111. The molecule has 0 saturated carbocycles. The maximum Gasteiger partial charge on any atom is 0.180 e. The van der Waals surface area contributed by atoms with Crippen LogP contribution in [0.3, 0.4) is 0 Å². The summed E-state index contributed by atoms with van der Waals surface area (Å²) < 4.78 is 0. The third-order valence-electron chi connectivity index (χ3n) is 1.01. The highest BCUT2D eigenvalue weighted by molar-refractivity contribution is 6.02. The monoisotopic (exact) mass is 178 g/mol. The van der Waals surface area contributed by atoms with Gasteiger partial charge in [-0.25, -0.2) is 0 Å². The predicted octanol–water partition coefficient (Wildman–Crippen LogP) is 2.25. The average molecular weight is 178 g/mol. The molecule has 0 aliphatic carbocycles. The molecule has 2 heteroatoms. The van der Waals surface area contributed by atoms with Crippen LogP contribution in [0.15, 0.2) is 50.1 Å². The third kappa shape index (κ3) is 10.3. The molecule has 70 valence electrons. The van der Waals surface area contributed by atoms with E-state index >= 15 is 0 Å². The van der Waals surface area contributed by atoms with Crippen molar-refractivity contribution >= 4 is 11.6 Å². The summed E-state index contributed by atoms with van der Waals surface area (Å²) >= 11 is 0. The smallest absolute Gasteiger partial charge is 0.180 e. The van der Waals surface area contributed by atoms with E-state index < -0.39 is 0 Å². The van der Waals surface area contributed by atoms with Crippen molar-refractivity contribution in [3.63, 3.8) is 0 Å². The molecule has 0 radical (unpaired) electrons. The van der Waals surface area contributed by atoms with E-state index in [1.54, 1.807) is 6.92 Å². The molecule has 0 unspecified atom stereocenters. The minimum Gasteiger partial charge on any atom is -0.290 e. The Kier molecular flexibility index (Phi) is 8.95. The maximum atomic E-state index is 10.3. The lowest BCUT2D eigenvalue weighted by Gasteiger charge is -1.83. The molecule has 0 fully saturated rings. The number of carbonyl (C=O) groups is 2. The maximum absolute atomic E-state index is 10.3. The first kappa shape index (κ1) is 13.9. The SMILES string of the molecule is C=CC(=O)C(=C)C.C=CC(=O)C=C. The Labute approximate surface area is 79.0 Å². The fourth-order valence-electron chi connectivity index (χ4n) is 0.258. The van der Waals surface area contributed by atoms with Crippen LogP contribution < -0.4 is 0 Å². The molecular formula is C11H14O2. The number of hydrogen-bond acceptors (Lipinski definition) is 2. The molecule has 0 spiro atoms. The first-order valence-electron chi connectivity index (χ1n) is 3.60. The molecule has 0 rings (SSSR count). The molecule has 0 saturated heterocycles. The zero-order chi connectivity index (χ0) is 10.9. The van der Waals surface area contributed by atoms with Gasteiger partial charge in [0.1, 0.15) is 0 Å². The van der Waals surface area contributed by atoms with E-state index in [0.717, 1.165) is 0 Å². The minimum absolute atomic E-state index is 0.0833. The number of rotatable bonds is 4. The van der Waals surface area contributed by atoms with E-state index in [-0.39, 0.29) is 11.6 Å². The lowest BCUT2D eigenvalue weighted by Crippen LogP contribution is -1.89. The van der Waals surface area contributed by atoms with Crippen LogP contribution in [0.2, 0.25) is 0 Å². The summed E-state index contributed by atoms with van der Waals surface area (Å²) in [5.41, 5.74) is 0.537. The van der Waals surface area contributed by atoms with Crippen molar-refractivity contribution in [2.45, 2.75) is 6.92 Å². The van der Waals surface area contributed by atoms with Gasteiger partial charge in [0.05, 0.1) is 0 Å². The Morgan fingerprint density at radius 1 is 1.00 bits per heavy atom. The van der Waals surface area contributed by atoms with Crippen molar-refractivity contribution in [1.29, 1.82) is 0 Å². The van der Waals surface area contributed by atoms with Gasteiger partial charge in [-0.3, -0.25) is 9.59 Å². The Morgan fingerprint density at radius 2 is 1.38 bits per heavy atom. The van der Waals surface area contributed by atoms with Crippen LogP contribution in [0.1, 0.15) is 6.92 Å². The standard InChI is InChI=1S/C6H8O.C5H6O/c1-4-6(7)5(2)3;1-3-5(6)4-2/h4H,1-2H2,3H3;3-4H,1-2H2. The second-order valence-electron chi connectivity index (χ2n) is 2.16. The molecule has 0 heterocycles. The highest BCUT2D eigenvalue weighted by Crippen LogP contribution is 1.87. The molecule has 2 nitrogen and oxygen atoms in total. The van der Waals surface area contributed by atoms with Crippen molar-refractivity contribution in [2.75, 3.05) is 0 Å². The molecule has 0 atom stereocenters. The van der Waals surface area contributed by atoms with Gasteiger partial charge in [0.25, 0.3) is 0 Å². The average Bonchev–Trinajstić information content (AvgIpc) is 2.16. The van der Waals surface area contributed by atoms with E-state index in [0.29, 0.717) is 5.57 Å². The fraction of sp³-hybridized carbons (Fsp3) is 0.0909. The summed E-state index contributed by atoms with van der Waals surface area (Å²) in [7, 11) is 0. The predicted molar refractivity (Wildman–Crippen MR) is 55.4 cm³/mol. The third-order valence-corrected chi connectivity index (χ3v) is 1.01. The number of ketones is 2. The number of carbonyl (C=O) groups excluding carboxylic acids is 2. The number of allylic oxidation sites excluding steroid dienone is 4. The highest BCUT2D eigenvalue weighted by atomic mass is 16.1. The normalized spacial score (nSPS) is 7.15. The van der Waals surface area contributed by atoms with Crippen molar-refractivity contribution in [3.05, 3.63) is 50.1 Å². The zero-order valence-corrected chi connectivity index (χ0v) is 7.88. The summed E-state index contributed by atoms with van der Waals surface area (Å²) in [5, 5.41) is 0. The van der Waals surface area contributed by atoms with E-state index in [2.05, 4.69) is 26.3 Å². The summed E-state index contributed by atoms with van der Waals surface area (Å²) in [6.07, 6.45) is 3.68. The van der Waals surface area contributed by atoms with E-state index in [1.165, 1.54) is 18.2 Å². The molecule has 13 heavy (non-hydrogen) atoms. The molecule has 0 aromatic carbocycles. The van der Waals surface area contributed by atoms with Crippen molar-refractivity contribution in [2.24, 2.45) is 0 Å². The van der Waals surface area contributed by atoms with Gasteiger partial charge in [-0.15, -0.1) is 0 Å². The summed E-state index contributed by atoms with van der Waals surface area (Å²) in [6, 6.07) is 0. The highest BCUT2D eigenvalue weighted by Gasteiger charge is 1.90. The van der Waals surface area contributed by atoms with Gasteiger partial charge in [0, 0.05) is 0 Å². The minimum atomic E-state index is -0.130. The van der Waals surface area contributed by atoms with Crippen LogP contribution in [-0.2, 0) is 9.59 Å². The topological polar surface area (TPSA) is 34.1 Å². The van der Waals surface area contributed by atoms with Gasteiger partial charge in [0.2, 0.25) is 0 Å². The molecule has 0 aromatic heterocycles. The van der Waals surface area contributed by atoms with Crippen LogP contribution in [0.25, 0.3) is 0 Å². The summed E-state index contributed by atoms with van der Waals surface area (Å²) in [5.74, 6) is -0.213. The van der Waals surface area contributed by atoms with Gasteiger partial charge in [-0.1, -0.05) is 26.3 Å². The molecule has 0 aliphatic heterocycles. The van der Waals surface area contributed by atoms with Gasteiger partial charge in [0.15, 0.2) is 11.6 Å². The van der Waals surface area contributed by atoms with Gasteiger partial charge < -0.3 is 0 Å². The van der Waals surface area contributed by atoms with Crippen LogP contribution in [0, 0.1) is 0 Å². The van der Waals surface area contributed by atoms with E-state index in [1.807, 2.05) is 0 Å². The molecule has 0 aliphatic rings. The largest absolute Gasteiger partial charge is 0.290 e. The second kappa shape index (κ2) is 8.40. The molecular weight excluding hydrogens is 164 g/mol. The molecule has 0 amide bonds. The Bertz CT molecular complexity index is 237. The Morgan fingerprint density at radius 3 is 1.38 bits per heavy atom. The molecule has 0 aromatic rings. The van der Waals surface area contributed by atoms with Gasteiger partial charge >= 0.3 is 0 Å². The molecule has 0 N–H and O–H groups in total. The zero-order valence-electron chi connectivity index (χ0n) is 7.88. The van der Waals surface area contributed by atoms with E-state index in [9.17, 15) is 9.59 Å². The van der Waals surface area contributed by atoms with Crippen LogP contribution in [-0.4, -0.2) is 11.6 Å². The van der Waals surface area contributed by atoms with Gasteiger partial charge in [-0.2, -0.15) is 0 Å². The Hall–Kier alpha value is -1.70. The Balaban J connectivity index is 0. The lowest BCUT2D eigenvalue weighted by atomic mass is 10.2. The first-order chi connectivity index (χ1) is 5.99. The summed E-state index contributed by atoms with van der Waals surface area (Å²) in [4.78, 5) is 20.2. The number of hydrogen-bond donors (Lipinski definition) is 0. The van der Waals surface area contributed by atoms with Crippen molar-refractivity contribution in [1.82, 2.24) is 0 Å². The fourth-order valence-corrected chi connectivity index (χ4v) is 0.258. The van der Waals surface area contributed by atoms with Crippen molar-refractivity contribution in [3.8, 4) is 0 Å². The van der Waals surface area contributed by atoms with Crippen LogP contribution in [0.4, 0.5) is 0 Å². The van der Waals surface area contributed by atoms with E-state index in [4.69, 9.17) is 0 Å². The van der Waals surface area contributed by atoms with Crippen LogP contribution >= 0.6 is 0 Å². The second-order valence-corrected chi connectivity index (χ2v) is 2.16.